The number of hydrogen-bond donors (Lipinski definition) is 1. The standard InChI is InChI=1S/C18H13FN4O/c1-23-17(10-16(22-23)13-4-6-14(19)7-5-13)18(24)21-15-8-2-12(11-20)3-9-15/h2-10H,1H3,(H,21,24). The molecule has 6 heteroatoms. The third-order valence-electron chi connectivity index (χ3n) is 3.52. The smallest absolute Gasteiger partial charge is 0.273 e. The zero-order chi connectivity index (χ0) is 17.1. The topological polar surface area (TPSA) is 70.7 Å². The summed E-state index contributed by atoms with van der Waals surface area (Å²) in [4.78, 5) is 12.4. The predicted octanol–water partition coefficient (Wildman–Crippen LogP) is 3.35. The highest BCUT2D eigenvalue weighted by Crippen LogP contribution is 2.20. The lowest BCUT2D eigenvalue weighted by atomic mass is 10.1. The van der Waals surface area contributed by atoms with Gasteiger partial charge in [-0.05, 0) is 54.6 Å². The quantitative estimate of drug-likeness (QED) is 0.804. The van der Waals surface area contributed by atoms with Crippen molar-refractivity contribution >= 4 is 11.6 Å². The van der Waals surface area contributed by atoms with E-state index in [1.54, 1.807) is 49.5 Å². The van der Waals surface area contributed by atoms with Crippen LogP contribution in [0.5, 0.6) is 0 Å². The highest BCUT2D eigenvalue weighted by molar-refractivity contribution is 6.03. The first kappa shape index (κ1) is 15.4. The van der Waals surface area contributed by atoms with Crippen molar-refractivity contribution in [1.82, 2.24) is 9.78 Å². The molecule has 0 bridgehead atoms. The van der Waals surface area contributed by atoms with Gasteiger partial charge in [-0.2, -0.15) is 10.4 Å². The first-order chi connectivity index (χ1) is 11.6. The summed E-state index contributed by atoms with van der Waals surface area (Å²) in [6.07, 6.45) is 0. The van der Waals surface area contributed by atoms with Gasteiger partial charge in [0.15, 0.2) is 0 Å². The van der Waals surface area contributed by atoms with Crippen LogP contribution in [-0.2, 0) is 7.05 Å². The van der Waals surface area contributed by atoms with Gasteiger partial charge in [-0.1, -0.05) is 0 Å². The Labute approximate surface area is 138 Å². The number of rotatable bonds is 3. The summed E-state index contributed by atoms with van der Waals surface area (Å²) in [5.74, 6) is -0.642. The zero-order valence-corrected chi connectivity index (χ0v) is 12.8. The number of carbonyl (C=O) groups is 1. The van der Waals surface area contributed by atoms with E-state index in [1.165, 1.54) is 16.8 Å². The minimum Gasteiger partial charge on any atom is -0.321 e. The van der Waals surface area contributed by atoms with Crippen molar-refractivity contribution in [3.05, 3.63) is 71.7 Å². The third-order valence-corrected chi connectivity index (χ3v) is 3.52. The maximum atomic E-state index is 13.0. The second-order valence-corrected chi connectivity index (χ2v) is 5.19. The predicted molar refractivity (Wildman–Crippen MR) is 87.7 cm³/mol. The van der Waals surface area contributed by atoms with E-state index >= 15 is 0 Å². The number of nitriles is 1. The highest BCUT2D eigenvalue weighted by atomic mass is 19.1. The summed E-state index contributed by atoms with van der Waals surface area (Å²) in [6.45, 7) is 0. The summed E-state index contributed by atoms with van der Waals surface area (Å²) in [5, 5.41) is 15.8. The molecule has 3 aromatic rings. The Morgan fingerprint density at radius 2 is 1.83 bits per heavy atom. The van der Waals surface area contributed by atoms with Crippen molar-refractivity contribution in [2.75, 3.05) is 5.32 Å². The molecule has 0 atom stereocenters. The number of aromatic nitrogens is 2. The van der Waals surface area contributed by atoms with E-state index < -0.39 is 0 Å². The molecule has 0 aliphatic carbocycles. The number of halogens is 1. The Bertz CT molecular complexity index is 921. The summed E-state index contributed by atoms with van der Waals surface area (Å²) in [6, 6.07) is 16.2. The molecule has 24 heavy (non-hydrogen) atoms. The zero-order valence-electron chi connectivity index (χ0n) is 12.8. The lowest BCUT2D eigenvalue weighted by Gasteiger charge is -2.04. The molecule has 0 saturated heterocycles. The number of amides is 1. The van der Waals surface area contributed by atoms with Crippen LogP contribution in [0.4, 0.5) is 10.1 Å². The molecule has 0 unspecified atom stereocenters. The number of nitrogens with one attached hydrogen (secondary N) is 1. The van der Waals surface area contributed by atoms with Crippen LogP contribution in [-0.4, -0.2) is 15.7 Å². The van der Waals surface area contributed by atoms with Crippen molar-refractivity contribution in [1.29, 1.82) is 5.26 Å². The molecule has 0 radical (unpaired) electrons. The molecule has 0 aliphatic rings. The molecule has 5 nitrogen and oxygen atoms in total. The van der Waals surface area contributed by atoms with Gasteiger partial charge in [0.1, 0.15) is 11.5 Å². The minimum absolute atomic E-state index is 0.317. The van der Waals surface area contributed by atoms with Crippen LogP contribution in [0.3, 0.4) is 0 Å². The molecule has 118 valence electrons. The number of benzene rings is 2. The molecule has 0 aliphatic heterocycles. The number of anilines is 1. The van der Waals surface area contributed by atoms with E-state index in [2.05, 4.69) is 10.4 Å². The average Bonchev–Trinajstić information content (AvgIpc) is 2.98. The molecule has 1 amide bonds. The lowest BCUT2D eigenvalue weighted by molar-refractivity contribution is 0.101. The molecule has 3 rings (SSSR count). The molecule has 0 fully saturated rings. The molecule has 2 aromatic carbocycles. The molecular weight excluding hydrogens is 307 g/mol. The molecule has 1 N–H and O–H groups in total. The van der Waals surface area contributed by atoms with Gasteiger partial charge in [-0.25, -0.2) is 4.39 Å². The van der Waals surface area contributed by atoms with Gasteiger partial charge in [-0.3, -0.25) is 9.48 Å². The normalized spacial score (nSPS) is 10.2. The van der Waals surface area contributed by atoms with Crippen molar-refractivity contribution in [3.8, 4) is 17.3 Å². The van der Waals surface area contributed by atoms with Crippen molar-refractivity contribution < 1.29 is 9.18 Å². The molecule has 1 heterocycles. The minimum atomic E-state index is -0.325. The third kappa shape index (κ3) is 3.15. The van der Waals surface area contributed by atoms with Crippen molar-refractivity contribution in [2.45, 2.75) is 0 Å². The summed E-state index contributed by atoms with van der Waals surface area (Å²) >= 11 is 0. The lowest BCUT2D eigenvalue weighted by Crippen LogP contribution is -2.15. The maximum absolute atomic E-state index is 13.0. The van der Waals surface area contributed by atoms with Gasteiger partial charge >= 0.3 is 0 Å². The van der Waals surface area contributed by atoms with Gasteiger partial charge in [0, 0.05) is 18.3 Å². The maximum Gasteiger partial charge on any atom is 0.273 e. The Morgan fingerprint density at radius 3 is 2.46 bits per heavy atom. The Morgan fingerprint density at radius 1 is 1.17 bits per heavy atom. The summed E-state index contributed by atoms with van der Waals surface area (Å²) in [7, 11) is 1.67. The second kappa shape index (κ2) is 6.34. The summed E-state index contributed by atoms with van der Waals surface area (Å²) < 4.78 is 14.5. The van der Waals surface area contributed by atoms with Crippen LogP contribution in [0.1, 0.15) is 16.1 Å². The Balaban J connectivity index is 1.82. The van der Waals surface area contributed by atoms with E-state index in [0.29, 0.717) is 22.6 Å². The second-order valence-electron chi connectivity index (χ2n) is 5.19. The van der Waals surface area contributed by atoms with Crippen LogP contribution in [0.2, 0.25) is 0 Å². The fourth-order valence-corrected chi connectivity index (χ4v) is 2.26. The van der Waals surface area contributed by atoms with Crippen LogP contribution in [0, 0.1) is 17.1 Å². The van der Waals surface area contributed by atoms with E-state index in [1.807, 2.05) is 6.07 Å². The van der Waals surface area contributed by atoms with E-state index in [9.17, 15) is 9.18 Å². The number of nitrogens with zero attached hydrogens (tertiary/aromatic N) is 3. The van der Waals surface area contributed by atoms with Crippen LogP contribution in [0.15, 0.2) is 54.6 Å². The van der Waals surface area contributed by atoms with Crippen molar-refractivity contribution in [3.63, 3.8) is 0 Å². The summed E-state index contributed by atoms with van der Waals surface area (Å²) in [5.41, 5.74) is 2.79. The van der Waals surface area contributed by atoms with E-state index in [0.717, 1.165) is 5.56 Å². The fraction of sp³-hybridized carbons (Fsp3) is 0.0556. The average molecular weight is 320 g/mol. The molecule has 1 aromatic heterocycles. The van der Waals surface area contributed by atoms with Crippen LogP contribution in [0.25, 0.3) is 11.3 Å². The van der Waals surface area contributed by atoms with Gasteiger partial charge in [0.05, 0.1) is 17.3 Å². The van der Waals surface area contributed by atoms with Crippen LogP contribution >= 0.6 is 0 Å². The van der Waals surface area contributed by atoms with Crippen molar-refractivity contribution in [2.24, 2.45) is 7.05 Å². The van der Waals surface area contributed by atoms with Gasteiger partial charge in [0.2, 0.25) is 0 Å². The van der Waals surface area contributed by atoms with E-state index in [-0.39, 0.29) is 11.7 Å². The van der Waals surface area contributed by atoms with Gasteiger partial charge < -0.3 is 5.32 Å². The molecule has 0 saturated carbocycles. The molecule has 0 spiro atoms. The Kier molecular flexibility index (Phi) is 4.08. The first-order valence-corrected chi connectivity index (χ1v) is 7.18. The Hall–Kier alpha value is -3.46. The monoisotopic (exact) mass is 320 g/mol. The highest BCUT2D eigenvalue weighted by Gasteiger charge is 2.14. The SMILES string of the molecule is Cn1nc(-c2ccc(F)cc2)cc1C(=O)Nc1ccc(C#N)cc1. The fourth-order valence-electron chi connectivity index (χ4n) is 2.26. The number of carbonyl (C=O) groups excluding carboxylic acids is 1. The molecular formula is C18H13FN4O. The number of hydrogen-bond acceptors (Lipinski definition) is 3. The first-order valence-electron chi connectivity index (χ1n) is 7.18. The largest absolute Gasteiger partial charge is 0.321 e. The van der Waals surface area contributed by atoms with Crippen LogP contribution < -0.4 is 5.32 Å². The van der Waals surface area contributed by atoms with E-state index in [4.69, 9.17) is 5.26 Å². The van der Waals surface area contributed by atoms with Gasteiger partial charge in [-0.15, -0.1) is 0 Å². The number of aryl methyl sites for hydroxylation is 1. The van der Waals surface area contributed by atoms with Gasteiger partial charge in [0.25, 0.3) is 5.91 Å².